The summed E-state index contributed by atoms with van der Waals surface area (Å²) in [6.07, 6.45) is 0.915. The van der Waals surface area contributed by atoms with Gasteiger partial charge in [-0.25, -0.2) is 0 Å². The smallest absolute Gasteiger partial charge is 0.203 e. The van der Waals surface area contributed by atoms with Crippen molar-refractivity contribution >= 4 is 35.6 Å². The third-order valence-corrected chi connectivity index (χ3v) is 4.14. The van der Waals surface area contributed by atoms with Gasteiger partial charge in [-0.3, -0.25) is 4.99 Å². The van der Waals surface area contributed by atoms with E-state index in [1.54, 1.807) is 28.4 Å². The fourth-order valence-corrected chi connectivity index (χ4v) is 3.01. The average Bonchev–Trinajstić information content (AvgIpc) is 2.65. The van der Waals surface area contributed by atoms with Crippen molar-refractivity contribution in [1.29, 1.82) is 0 Å². The van der Waals surface area contributed by atoms with Gasteiger partial charge in [0.15, 0.2) is 17.5 Å². The molecule has 0 aliphatic heterocycles. The number of aryl methyl sites for hydroxylation is 2. The van der Waals surface area contributed by atoms with Gasteiger partial charge in [-0.05, 0) is 25.8 Å². The van der Waals surface area contributed by atoms with Gasteiger partial charge < -0.3 is 24.8 Å². The fourth-order valence-electron chi connectivity index (χ4n) is 3.01. The molecule has 0 unspecified atom stereocenters. The molecule has 0 aliphatic carbocycles. The molecule has 2 N–H and O–H groups in total. The topological polar surface area (TPSA) is 64.1 Å². The lowest BCUT2D eigenvalue weighted by atomic mass is 10.1. The number of hydrogen-bond donors (Lipinski definition) is 2. The maximum atomic E-state index is 5.39. The van der Waals surface area contributed by atoms with Crippen molar-refractivity contribution in [2.75, 3.05) is 40.2 Å². The number of methoxy groups -OCH3 is 3. The minimum atomic E-state index is 0. The van der Waals surface area contributed by atoms with Crippen LogP contribution in [-0.2, 0) is 6.42 Å². The highest BCUT2D eigenvalue weighted by Crippen LogP contribution is 2.39. The number of hydrogen-bond acceptors (Lipinski definition) is 4. The van der Waals surface area contributed by atoms with E-state index in [2.05, 4.69) is 47.7 Å². The molecule has 0 aromatic heterocycles. The second-order valence-electron chi connectivity index (χ2n) is 6.28. The number of nitrogens with zero attached hydrogens (tertiary/aromatic N) is 1. The standard InChI is InChI=1S/C21H29N3O3.HI/c1-14-9-15(2)11-16(10-14)7-8-23-21(22-3)24-17-12-18(25-4)20(27-6)19(13-17)26-5;/h9-13H,7-8H2,1-6H3,(H2,22,23,24);1H. The summed E-state index contributed by atoms with van der Waals surface area (Å²) in [5.41, 5.74) is 4.67. The molecule has 0 bridgehead atoms. The van der Waals surface area contributed by atoms with Gasteiger partial charge >= 0.3 is 0 Å². The molecule has 2 aromatic rings. The molecule has 2 rings (SSSR count). The Labute approximate surface area is 184 Å². The van der Waals surface area contributed by atoms with Crippen molar-refractivity contribution in [3.63, 3.8) is 0 Å². The van der Waals surface area contributed by atoms with Crippen molar-refractivity contribution in [2.24, 2.45) is 4.99 Å². The van der Waals surface area contributed by atoms with E-state index in [1.807, 2.05) is 12.1 Å². The van der Waals surface area contributed by atoms with Gasteiger partial charge in [-0.1, -0.05) is 29.3 Å². The SMILES string of the molecule is CN=C(NCCc1cc(C)cc(C)c1)Nc1cc(OC)c(OC)c(OC)c1.I. The van der Waals surface area contributed by atoms with E-state index in [0.717, 1.165) is 18.7 Å². The van der Waals surface area contributed by atoms with E-state index in [0.29, 0.717) is 23.2 Å². The third-order valence-electron chi connectivity index (χ3n) is 4.14. The first-order chi connectivity index (χ1) is 13.0. The van der Waals surface area contributed by atoms with E-state index < -0.39 is 0 Å². The number of rotatable bonds is 7. The maximum absolute atomic E-state index is 5.39. The van der Waals surface area contributed by atoms with Gasteiger partial charge in [0, 0.05) is 31.4 Å². The summed E-state index contributed by atoms with van der Waals surface area (Å²) in [6.45, 7) is 5.01. The van der Waals surface area contributed by atoms with Crippen molar-refractivity contribution in [1.82, 2.24) is 5.32 Å². The number of halogens is 1. The van der Waals surface area contributed by atoms with Gasteiger partial charge in [0.1, 0.15) is 0 Å². The largest absolute Gasteiger partial charge is 0.493 e. The molecule has 0 atom stereocenters. The highest BCUT2D eigenvalue weighted by molar-refractivity contribution is 14.0. The average molecular weight is 499 g/mol. The summed E-state index contributed by atoms with van der Waals surface area (Å²) in [5, 5.41) is 6.60. The third kappa shape index (κ3) is 6.47. The number of ether oxygens (including phenoxy) is 3. The zero-order valence-electron chi connectivity index (χ0n) is 17.4. The monoisotopic (exact) mass is 499 g/mol. The minimum absolute atomic E-state index is 0. The van der Waals surface area contributed by atoms with Crippen LogP contribution >= 0.6 is 24.0 Å². The van der Waals surface area contributed by atoms with Crippen LogP contribution in [0.5, 0.6) is 17.2 Å². The van der Waals surface area contributed by atoms with Crippen LogP contribution in [0.1, 0.15) is 16.7 Å². The molecule has 0 spiro atoms. The molecular weight excluding hydrogens is 469 g/mol. The molecule has 154 valence electrons. The van der Waals surface area contributed by atoms with Crippen LogP contribution in [0.4, 0.5) is 5.69 Å². The lowest BCUT2D eigenvalue weighted by Crippen LogP contribution is -2.32. The van der Waals surface area contributed by atoms with Crippen LogP contribution in [0.3, 0.4) is 0 Å². The molecule has 0 saturated heterocycles. The predicted molar refractivity (Wildman–Crippen MR) is 126 cm³/mol. The molecule has 0 radical (unpaired) electrons. The van der Waals surface area contributed by atoms with E-state index in [1.165, 1.54) is 16.7 Å². The Bertz CT molecular complexity index is 764. The normalized spacial score (nSPS) is 10.7. The summed E-state index contributed by atoms with van der Waals surface area (Å²) < 4.78 is 16.1. The summed E-state index contributed by atoms with van der Waals surface area (Å²) in [5.74, 6) is 2.41. The van der Waals surface area contributed by atoms with Gasteiger partial charge in [0.05, 0.1) is 21.3 Å². The van der Waals surface area contributed by atoms with Gasteiger partial charge in [-0.15, -0.1) is 24.0 Å². The Morgan fingerprint density at radius 2 is 1.46 bits per heavy atom. The quantitative estimate of drug-likeness (QED) is 0.340. The molecule has 2 aromatic carbocycles. The number of guanidine groups is 1. The van der Waals surface area contributed by atoms with Crippen LogP contribution in [0.2, 0.25) is 0 Å². The van der Waals surface area contributed by atoms with E-state index in [4.69, 9.17) is 14.2 Å². The van der Waals surface area contributed by atoms with Crippen molar-refractivity contribution < 1.29 is 14.2 Å². The summed E-state index contributed by atoms with van der Waals surface area (Å²) in [4.78, 5) is 4.28. The molecule has 0 heterocycles. The number of anilines is 1. The molecule has 0 fully saturated rings. The zero-order chi connectivity index (χ0) is 19.8. The lowest BCUT2D eigenvalue weighted by molar-refractivity contribution is 0.324. The van der Waals surface area contributed by atoms with E-state index >= 15 is 0 Å². The lowest BCUT2D eigenvalue weighted by Gasteiger charge is -2.16. The maximum Gasteiger partial charge on any atom is 0.203 e. The van der Waals surface area contributed by atoms with Crippen LogP contribution in [0.15, 0.2) is 35.3 Å². The fraction of sp³-hybridized carbons (Fsp3) is 0.381. The molecule has 0 aliphatic rings. The molecular formula is C21H30IN3O3. The zero-order valence-corrected chi connectivity index (χ0v) is 19.7. The highest BCUT2D eigenvalue weighted by Gasteiger charge is 2.13. The van der Waals surface area contributed by atoms with E-state index in [9.17, 15) is 0 Å². The second-order valence-corrected chi connectivity index (χ2v) is 6.28. The van der Waals surface area contributed by atoms with Crippen LogP contribution in [0, 0.1) is 13.8 Å². The molecule has 0 saturated carbocycles. The second kappa shape index (κ2) is 11.6. The molecule has 0 amide bonds. The first kappa shape index (κ1) is 23.9. The first-order valence-electron chi connectivity index (χ1n) is 8.85. The summed E-state index contributed by atoms with van der Waals surface area (Å²) >= 11 is 0. The van der Waals surface area contributed by atoms with Gasteiger partial charge in [-0.2, -0.15) is 0 Å². The predicted octanol–water partition coefficient (Wildman–Crippen LogP) is 4.18. The van der Waals surface area contributed by atoms with E-state index in [-0.39, 0.29) is 24.0 Å². The Balaban J connectivity index is 0.00000392. The van der Waals surface area contributed by atoms with Crippen molar-refractivity contribution in [3.05, 3.63) is 47.0 Å². The highest BCUT2D eigenvalue weighted by atomic mass is 127. The summed E-state index contributed by atoms with van der Waals surface area (Å²) in [7, 11) is 6.51. The van der Waals surface area contributed by atoms with Crippen LogP contribution in [0.25, 0.3) is 0 Å². The van der Waals surface area contributed by atoms with Crippen LogP contribution in [-0.4, -0.2) is 40.9 Å². The van der Waals surface area contributed by atoms with Crippen molar-refractivity contribution in [3.8, 4) is 17.2 Å². The van der Waals surface area contributed by atoms with Crippen molar-refractivity contribution in [2.45, 2.75) is 20.3 Å². The molecule has 7 heteroatoms. The number of aliphatic imine (C=N–C) groups is 1. The summed E-state index contributed by atoms with van der Waals surface area (Å²) in [6, 6.07) is 10.3. The number of benzene rings is 2. The molecule has 28 heavy (non-hydrogen) atoms. The Kier molecular flexibility index (Phi) is 9.92. The number of nitrogens with one attached hydrogen (secondary N) is 2. The Morgan fingerprint density at radius 3 is 1.93 bits per heavy atom. The van der Waals surface area contributed by atoms with Gasteiger partial charge in [0.25, 0.3) is 0 Å². The minimum Gasteiger partial charge on any atom is -0.493 e. The van der Waals surface area contributed by atoms with Crippen LogP contribution < -0.4 is 24.8 Å². The Morgan fingerprint density at radius 1 is 0.893 bits per heavy atom. The Hall–Kier alpha value is -2.16. The molecule has 6 nitrogen and oxygen atoms in total. The van der Waals surface area contributed by atoms with Gasteiger partial charge in [0.2, 0.25) is 5.75 Å². The first-order valence-corrected chi connectivity index (χ1v) is 8.85.